The highest BCUT2D eigenvalue weighted by atomic mass is 19.1. The normalized spacial score (nSPS) is 11.4. The number of rotatable bonds is 7. The van der Waals surface area contributed by atoms with Crippen LogP contribution in [0.1, 0.15) is 25.6 Å². The number of hydrogen-bond acceptors (Lipinski definition) is 5. The lowest BCUT2D eigenvalue weighted by molar-refractivity contribution is 0.343. The van der Waals surface area contributed by atoms with Crippen LogP contribution in [0.5, 0.6) is 0 Å². The molecule has 0 radical (unpaired) electrons. The van der Waals surface area contributed by atoms with Gasteiger partial charge in [-0.2, -0.15) is 0 Å². The zero-order valence-corrected chi connectivity index (χ0v) is 17.9. The van der Waals surface area contributed by atoms with Crippen LogP contribution in [0.25, 0.3) is 28.8 Å². The number of aliphatic hydroxyl groups is 1. The second kappa shape index (κ2) is 9.53. The summed E-state index contributed by atoms with van der Waals surface area (Å²) in [5, 5.41) is 12.6. The van der Waals surface area contributed by atoms with Crippen LogP contribution >= 0.6 is 0 Å². The molecule has 7 heteroatoms. The third-order valence-electron chi connectivity index (χ3n) is 4.86. The van der Waals surface area contributed by atoms with E-state index in [0.29, 0.717) is 17.3 Å². The highest BCUT2D eigenvalue weighted by Gasteiger charge is 2.22. The molecule has 0 atom stereocenters. The molecular formula is C25H24FN5O. The van der Waals surface area contributed by atoms with Gasteiger partial charge in [-0.15, -0.1) is 0 Å². The van der Waals surface area contributed by atoms with Crippen LogP contribution in [0.4, 0.5) is 16.0 Å². The molecule has 0 fully saturated rings. The Balaban J connectivity index is 1.87. The number of nitrogens with zero attached hydrogens (tertiary/aromatic N) is 4. The third kappa shape index (κ3) is 4.58. The Morgan fingerprint density at radius 3 is 2.47 bits per heavy atom. The van der Waals surface area contributed by atoms with Gasteiger partial charge in [0.25, 0.3) is 0 Å². The van der Waals surface area contributed by atoms with Gasteiger partial charge in [0.1, 0.15) is 17.3 Å². The summed E-state index contributed by atoms with van der Waals surface area (Å²) in [7, 11) is 0. The molecule has 0 saturated carbocycles. The van der Waals surface area contributed by atoms with Gasteiger partial charge in [0.2, 0.25) is 5.95 Å². The van der Waals surface area contributed by atoms with Crippen molar-refractivity contribution in [1.82, 2.24) is 19.5 Å². The smallest absolute Gasteiger partial charge is 0.227 e. The first-order valence-corrected chi connectivity index (χ1v) is 10.4. The zero-order chi connectivity index (χ0) is 22.5. The summed E-state index contributed by atoms with van der Waals surface area (Å²) in [4.78, 5) is 13.9. The van der Waals surface area contributed by atoms with Gasteiger partial charge in [0, 0.05) is 29.6 Å². The van der Waals surface area contributed by atoms with E-state index < -0.39 is 0 Å². The van der Waals surface area contributed by atoms with E-state index in [1.165, 1.54) is 12.1 Å². The maximum Gasteiger partial charge on any atom is 0.227 e. The number of benzene rings is 2. The van der Waals surface area contributed by atoms with E-state index in [2.05, 4.69) is 10.3 Å². The number of aromatic nitrogens is 4. The molecule has 2 aromatic heterocycles. The van der Waals surface area contributed by atoms with E-state index in [0.717, 1.165) is 22.8 Å². The van der Waals surface area contributed by atoms with Crippen molar-refractivity contribution < 1.29 is 9.50 Å². The standard InChI is InChI=1S/C25H24FN5O/c1-17(2)24-30-22(21-13-14-27-25(29-21)28-20-7-4-3-5-8-20)23(31(24)15-6-16-32)18-9-11-19(26)12-10-18/h3-15,17,32H,16H2,1-2H3,(H,27,28,29)/b15-6+. The lowest BCUT2D eigenvalue weighted by Crippen LogP contribution is -2.01. The van der Waals surface area contributed by atoms with E-state index in [-0.39, 0.29) is 18.3 Å². The third-order valence-corrected chi connectivity index (χ3v) is 4.86. The first kappa shape index (κ1) is 21.4. The molecule has 0 spiro atoms. The molecule has 2 N–H and O–H groups in total. The molecule has 2 aromatic carbocycles. The quantitative estimate of drug-likeness (QED) is 0.407. The average Bonchev–Trinajstić information content (AvgIpc) is 3.19. The maximum atomic E-state index is 13.6. The molecule has 0 saturated heterocycles. The van der Waals surface area contributed by atoms with E-state index in [1.807, 2.05) is 48.7 Å². The van der Waals surface area contributed by atoms with Crippen molar-refractivity contribution >= 4 is 17.8 Å². The fourth-order valence-electron chi connectivity index (χ4n) is 3.42. The number of aliphatic hydroxyl groups excluding tert-OH is 1. The molecule has 162 valence electrons. The lowest BCUT2D eigenvalue weighted by atomic mass is 10.1. The Hall–Kier alpha value is -3.84. The lowest BCUT2D eigenvalue weighted by Gasteiger charge is -2.11. The molecule has 4 rings (SSSR count). The number of nitrogens with one attached hydrogen (secondary N) is 1. The Labute approximate surface area is 186 Å². The summed E-state index contributed by atoms with van der Waals surface area (Å²) in [5.41, 5.74) is 3.72. The van der Waals surface area contributed by atoms with Crippen molar-refractivity contribution in [1.29, 1.82) is 0 Å². The van der Waals surface area contributed by atoms with Gasteiger partial charge in [-0.3, -0.25) is 0 Å². The van der Waals surface area contributed by atoms with Crippen molar-refractivity contribution in [2.75, 3.05) is 11.9 Å². The van der Waals surface area contributed by atoms with Gasteiger partial charge in [-0.1, -0.05) is 32.0 Å². The molecule has 32 heavy (non-hydrogen) atoms. The maximum absolute atomic E-state index is 13.6. The first-order chi connectivity index (χ1) is 15.6. The molecule has 0 unspecified atom stereocenters. The van der Waals surface area contributed by atoms with Gasteiger partial charge in [-0.05, 0) is 48.5 Å². The van der Waals surface area contributed by atoms with Crippen LogP contribution in [-0.2, 0) is 0 Å². The van der Waals surface area contributed by atoms with Gasteiger partial charge < -0.3 is 15.0 Å². The minimum Gasteiger partial charge on any atom is -0.392 e. The van der Waals surface area contributed by atoms with Gasteiger partial charge >= 0.3 is 0 Å². The minimum atomic E-state index is -0.312. The second-order valence-electron chi connectivity index (χ2n) is 7.52. The van der Waals surface area contributed by atoms with E-state index in [4.69, 9.17) is 9.97 Å². The zero-order valence-electron chi connectivity index (χ0n) is 17.9. The van der Waals surface area contributed by atoms with E-state index in [1.54, 1.807) is 36.7 Å². The summed E-state index contributed by atoms with van der Waals surface area (Å²) in [5.74, 6) is 1.05. The summed E-state index contributed by atoms with van der Waals surface area (Å²) < 4.78 is 15.6. The molecule has 4 aromatic rings. The summed E-state index contributed by atoms with van der Waals surface area (Å²) >= 11 is 0. The number of hydrogen-bond donors (Lipinski definition) is 2. The fourth-order valence-corrected chi connectivity index (χ4v) is 3.42. The number of anilines is 2. The topological polar surface area (TPSA) is 75.9 Å². The highest BCUT2D eigenvalue weighted by molar-refractivity contribution is 5.79. The Bertz CT molecular complexity index is 1220. The van der Waals surface area contributed by atoms with Gasteiger partial charge in [0.15, 0.2) is 0 Å². The Kier molecular flexibility index (Phi) is 6.37. The predicted octanol–water partition coefficient (Wildman–Crippen LogP) is 5.48. The van der Waals surface area contributed by atoms with Crippen LogP contribution < -0.4 is 5.32 Å². The molecule has 0 aliphatic heterocycles. The van der Waals surface area contributed by atoms with Crippen molar-refractivity contribution in [2.45, 2.75) is 19.8 Å². The van der Waals surface area contributed by atoms with Crippen molar-refractivity contribution in [3.8, 4) is 22.6 Å². The van der Waals surface area contributed by atoms with Crippen molar-refractivity contribution in [3.05, 3.63) is 84.6 Å². The van der Waals surface area contributed by atoms with E-state index >= 15 is 0 Å². The summed E-state index contributed by atoms with van der Waals surface area (Å²) in [6.45, 7) is 3.99. The number of halogens is 1. The fraction of sp³-hybridized carbons (Fsp3) is 0.160. The molecule has 0 aliphatic carbocycles. The molecule has 0 amide bonds. The molecule has 0 bridgehead atoms. The van der Waals surface area contributed by atoms with E-state index in [9.17, 15) is 9.50 Å². The van der Waals surface area contributed by atoms with Gasteiger partial charge in [0.05, 0.1) is 18.0 Å². The number of imidazole rings is 1. The van der Waals surface area contributed by atoms with Crippen LogP contribution in [0, 0.1) is 5.82 Å². The van der Waals surface area contributed by atoms with Crippen LogP contribution in [-0.4, -0.2) is 31.2 Å². The SMILES string of the molecule is CC(C)c1nc(-c2ccnc(Nc3ccccc3)n2)c(-c2ccc(F)cc2)n1/C=C/CO. The number of para-hydroxylation sites is 1. The Morgan fingerprint density at radius 2 is 1.78 bits per heavy atom. The van der Waals surface area contributed by atoms with Crippen molar-refractivity contribution in [3.63, 3.8) is 0 Å². The molecule has 6 nitrogen and oxygen atoms in total. The Morgan fingerprint density at radius 1 is 1.03 bits per heavy atom. The molecule has 2 heterocycles. The predicted molar refractivity (Wildman–Crippen MR) is 125 cm³/mol. The van der Waals surface area contributed by atoms with Gasteiger partial charge in [-0.25, -0.2) is 19.3 Å². The average molecular weight is 429 g/mol. The van der Waals surface area contributed by atoms with Crippen molar-refractivity contribution in [2.24, 2.45) is 0 Å². The second-order valence-corrected chi connectivity index (χ2v) is 7.52. The largest absolute Gasteiger partial charge is 0.392 e. The summed E-state index contributed by atoms with van der Waals surface area (Å²) in [6.07, 6.45) is 5.11. The highest BCUT2D eigenvalue weighted by Crippen LogP contribution is 2.35. The van der Waals surface area contributed by atoms with Crippen LogP contribution in [0.2, 0.25) is 0 Å². The molecule has 0 aliphatic rings. The summed E-state index contributed by atoms with van der Waals surface area (Å²) in [6, 6.07) is 17.8. The van der Waals surface area contributed by atoms with Crippen LogP contribution in [0.15, 0.2) is 72.9 Å². The minimum absolute atomic E-state index is 0.105. The molecular weight excluding hydrogens is 405 g/mol. The first-order valence-electron chi connectivity index (χ1n) is 10.4. The monoisotopic (exact) mass is 429 g/mol. The van der Waals surface area contributed by atoms with Crippen LogP contribution in [0.3, 0.4) is 0 Å².